The number of ether oxygens (including phenoxy) is 1. The van der Waals surface area contributed by atoms with Gasteiger partial charge in [0.2, 0.25) is 5.91 Å². The molecule has 1 aromatic heterocycles. The molecule has 0 aliphatic rings. The Kier molecular flexibility index (Phi) is 7.10. The molecule has 0 aliphatic carbocycles. The number of pyridine rings is 1. The van der Waals surface area contributed by atoms with Crippen LogP contribution in [0.15, 0.2) is 12.3 Å². The fourth-order valence-corrected chi connectivity index (χ4v) is 1.58. The summed E-state index contributed by atoms with van der Waals surface area (Å²) in [5.74, 6) is -1.01. The molecule has 0 aromatic carbocycles. The van der Waals surface area contributed by atoms with Crippen molar-refractivity contribution in [3.05, 3.63) is 23.6 Å². The molecule has 0 atom stereocenters. The van der Waals surface area contributed by atoms with E-state index in [-0.39, 0.29) is 30.3 Å². The summed E-state index contributed by atoms with van der Waals surface area (Å²) in [5, 5.41) is 7.88. The maximum atomic E-state index is 13.1. The molecular formula is C13H19FN4O3. The normalized spacial score (nSPS) is 10.0. The van der Waals surface area contributed by atoms with Gasteiger partial charge in [0.25, 0.3) is 5.91 Å². The van der Waals surface area contributed by atoms with Crippen LogP contribution in [-0.4, -0.2) is 50.7 Å². The van der Waals surface area contributed by atoms with Gasteiger partial charge in [0.1, 0.15) is 11.6 Å². The number of carbonyl (C=O) groups is 2. The van der Waals surface area contributed by atoms with Crippen LogP contribution in [0.1, 0.15) is 16.8 Å². The van der Waals surface area contributed by atoms with Crippen LogP contribution >= 0.6 is 0 Å². The summed E-state index contributed by atoms with van der Waals surface area (Å²) in [7, 11) is 3.12. The minimum atomic E-state index is -0.601. The smallest absolute Gasteiger partial charge is 0.255 e. The number of nitrogens with zero attached hydrogens (tertiary/aromatic N) is 1. The van der Waals surface area contributed by atoms with Crippen LogP contribution in [0.3, 0.4) is 0 Å². The second kappa shape index (κ2) is 8.85. The minimum absolute atomic E-state index is 0.0947. The molecule has 0 radical (unpaired) electrons. The van der Waals surface area contributed by atoms with Gasteiger partial charge in [-0.3, -0.25) is 9.59 Å². The lowest BCUT2D eigenvalue weighted by molar-refractivity contribution is -0.121. The third kappa shape index (κ3) is 5.74. The molecule has 7 nitrogen and oxygen atoms in total. The van der Waals surface area contributed by atoms with E-state index >= 15 is 0 Å². The molecule has 0 saturated heterocycles. The molecule has 1 rings (SSSR count). The Morgan fingerprint density at radius 1 is 1.33 bits per heavy atom. The average molecular weight is 298 g/mol. The van der Waals surface area contributed by atoms with Crippen LogP contribution < -0.4 is 16.0 Å². The third-order valence-electron chi connectivity index (χ3n) is 2.60. The first-order valence-corrected chi connectivity index (χ1v) is 6.45. The SMILES string of the molecule is CNc1ncc(F)cc1C(=O)NCCC(=O)NCCOC. The maximum Gasteiger partial charge on any atom is 0.255 e. The first-order chi connectivity index (χ1) is 10.1. The summed E-state index contributed by atoms with van der Waals surface area (Å²) < 4.78 is 17.9. The molecule has 0 saturated carbocycles. The Balaban J connectivity index is 2.44. The number of hydrogen-bond donors (Lipinski definition) is 3. The van der Waals surface area contributed by atoms with Crippen LogP contribution in [0.4, 0.5) is 10.2 Å². The predicted molar refractivity (Wildman–Crippen MR) is 75.6 cm³/mol. The molecule has 3 N–H and O–H groups in total. The summed E-state index contributed by atoms with van der Waals surface area (Å²) >= 11 is 0. The molecule has 2 amide bonds. The van der Waals surface area contributed by atoms with Gasteiger partial charge in [-0.05, 0) is 6.07 Å². The first-order valence-electron chi connectivity index (χ1n) is 6.45. The Hall–Kier alpha value is -2.22. The number of carbonyl (C=O) groups excluding carboxylic acids is 2. The molecule has 0 spiro atoms. The van der Waals surface area contributed by atoms with E-state index in [1.807, 2.05) is 0 Å². The van der Waals surface area contributed by atoms with Crippen molar-refractivity contribution < 1.29 is 18.7 Å². The second-order valence-corrected chi connectivity index (χ2v) is 4.15. The molecule has 116 valence electrons. The summed E-state index contributed by atoms with van der Waals surface area (Å²) in [6.45, 7) is 0.997. The average Bonchev–Trinajstić information content (AvgIpc) is 2.47. The zero-order valence-electron chi connectivity index (χ0n) is 12.0. The van der Waals surface area contributed by atoms with E-state index in [4.69, 9.17) is 4.74 Å². The zero-order chi connectivity index (χ0) is 15.7. The van der Waals surface area contributed by atoms with Gasteiger partial charge >= 0.3 is 0 Å². The van der Waals surface area contributed by atoms with Gasteiger partial charge in [-0.1, -0.05) is 0 Å². The number of anilines is 1. The summed E-state index contributed by atoms with van der Waals surface area (Å²) in [5.41, 5.74) is 0.0947. The highest BCUT2D eigenvalue weighted by molar-refractivity contribution is 5.98. The number of amides is 2. The number of aromatic nitrogens is 1. The second-order valence-electron chi connectivity index (χ2n) is 4.15. The monoisotopic (exact) mass is 298 g/mol. The van der Waals surface area contributed by atoms with Gasteiger partial charge in [0.15, 0.2) is 0 Å². The predicted octanol–water partition coefficient (Wildman–Crippen LogP) is 0.145. The van der Waals surface area contributed by atoms with Crippen molar-refractivity contribution in [2.24, 2.45) is 0 Å². The topological polar surface area (TPSA) is 92.4 Å². The molecule has 0 bridgehead atoms. The van der Waals surface area contributed by atoms with Crippen LogP contribution in [0, 0.1) is 5.82 Å². The van der Waals surface area contributed by atoms with Crippen molar-refractivity contribution in [2.75, 3.05) is 39.2 Å². The van der Waals surface area contributed by atoms with Crippen molar-refractivity contribution in [3.8, 4) is 0 Å². The van der Waals surface area contributed by atoms with Crippen LogP contribution in [-0.2, 0) is 9.53 Å². The Bertz CT molecular complexity index is 496. The first kappa shape index (κ1) is 16.8. The summed E-state index contributed by atoms with van der Waals surface area (Å²) in [6, 6.07) is 1.09. The molecule has 1 aromatic rings. The number of nitrogens with one attached hydrogen (secondary N) is 3. The largest absolute Gasteiger partial charge is 0.383 e. The Morgan fingerprint density at radius 2 is 2.10 bits per heavy atom. The van der Waals surface area contributed by atoms with Gasteiger partial charge in [0.05, 0.1) is 18.4 Å². The zero-order valence-corrected chi connectivity index (χ0v) is 12.0. The lowest BCUT2D eigenvalue weighted by Crippen LogP contribution is -2.32. The van der Waals surface area contributed by atoms with Gasteiger partial charge in [-0.2, -0.15) is 0 Å². The van der Waals surface area contributed by atoms with E-state index in [1.54, 1.807) is 14.2 Å². The van der Waals surface area contributed by atoms with Crippen molar-refractivity contribution in [2.45, 2.75) is 6.42 Å². The number of methoxy groups -OCH3 is 1. The highest BCUT2D eigenvalue weighted by Crippen LogP contribution is 2.12. The molecule has 0 unspecified atom stereocenters. The van der Waals surface area contributed by atoms with Gasteiger partial charge in [0, 0.05) is 33.7 Å². The van der Waals surface area contributed by atoms with Crippen LogP contribution in [0.2, 0.25) is 0 Å². The molecule has 21 heavy (non-hydrogen) atoms. The van der Waals surface area contributed by atoms with E-state index in [2.05, 4.69) is 20.9 Å². The Morgan fingerprint density at radius 3 is 2.76 bits per heavy atom. The van der Waals surface area contributed by atoms with Crippen LogP contribution in [0.5, 0.6) is 0 Å². The maximum absolute atomic E-state index is 13.1. The van der Waals surface area contributed by atoms with E-state index in [0.717, 1.165) is 12.3 Å². The van der Waals surface area contributed by atoms with E-state index < -0.39 is 11.7 Å². The molecule has 8 heteroatoms. The molecular weight excluding hydrogens is 279 g/mol. The quantitative estimate of drug-likeness (QED) is 0.594. The van der Waals surface area contributed by atoms with Crippen molar-refractivity contribution in [1.82, 2.24) is 15.6 Å². The van der Waals surface area contributed by atoms with E-state index in [9.17, 15) is 14.0 Å². The van der Waals surface area contributed by atoms with Gasteiger partial charge in [-0.25, -0.2) is 9.37 Å². The summed E-state index contributed by atoms with van der Waals surface area (Å²) in [4.78, 5) is 27.1. The standard InChI is InChI=1S/C13H19FN4O3/c1-15-12-10(7-9(14)8-18-12)13(20)17-4-3-11(19)16-5-6-21-2/h7-8H,3-6H2,1-2H3,(H,15,18)(H,16,19)(H,17,20). The van der Waals surface area contributed by atoms with E-state index in [0.29, 0.717) is 13.2 Å². The van der Waals surface area contributed by atoms with Gasteiger partial charge < -0.3 is 20.7 Å². The minimum Gasteiger partial charge on any atom is -0.383 e. The highest BCUT2D eigenvalue weighted by Gasteiger charge is 2.13. The molecule has 1 heterocycles. The number of hydrogen-bond acceptors (Lipinski definition) is 5. The fraction of sp³-hybridized carbons (Fsp3) is 0.462. The number of halogens is 1. The fourth-order valence-electron chi connectivity index (χ4n) is 1.58. The summed E-state index contributed by atoms with van der Waals surface area (Å²) in [6.07, 6.45) is 1.15. The van der Waals surface area contributed by atoms with E-state index in [1.165, 1.54) is 0 Å². The highest BCUT2D eigenvalue weighted by atomic mass is 19.1. The van der Waals surface area contributed by atoms with Crippen molar-refractivity contribution in [3.63, 3.8) is 0 Å². The molecule has 0 aliphatic heterocycles. The van der Waals surface area contributed by atoms with Crippen molar-refractivity contribution >= 4 is 17.6 Å². The lowest BCUT2D eigenvalue weighted by atomic mass is 10.2. The number of rotatable bonds is 8. The molecule has 0 fully saturated rings. The van der Waals surface area contributed by atoms with Gasteiger partial charge in [-0.15, -0.1) is 0 Å². The van der Waals surface area contributed by atoms with Crippen LogP contribution in [0.25, 0.3) is 0 Å². The third-order valence-corrected chi connectivity index (χ3v) is 2.60. The Labute approximate surface area is 122 Å². The lowest BCUT2D eigenvalue weighted by Gasteiger charge is -2.09. The van der Waals surface area contributed by atoms with Crippen molar-refractivity contribution in [1.29, 1.82) is 0 Å².